The summed E-state index contributed by atoms with van der Waals surface area (Å²) < 4.78 is 5.33. The Hall–Kier alpha value is -0.200. The van der Waals surface area contributed by atoms with Crippen molar-refractivity contribution in [3.8, 4) is 0 Å². The van der Waals surface area contributed by atoms with E-state index in [-0.39, 0.29) is 6.61 Å². The molecule has 1 heterocycles. The minimum atomic E-state index is -1.13. The van der Waals surface area contributed by atoms with Crippen molar-refractivity contribution in [2.75, 3.05) is 13.2 Å². The van der Waals surface area contributed by atoms with Gasteiger partial charge < -0.3 is 20.1 Å². The molecule has 0 aromatic rings. The highest BCUT2D eigenvalue weighted by Gasteiger charge is 2.36. The summed E-state index contributed by atoms with van der Waals surface area (Å²) in [4.78, 5) is 0. The lowest BCUT2D eigenvalue weighted by Crippen LogP contribution is -2.57. The SMILES string of the molecule is CCCCCCCCCCCCCCCCCCN[C@@H]1OC[C@@H](O)[C@@H](O)[C@@H]1O. The molecule has 1 aliphatic rings. The zero-order valence-electron chi connectivity index (χ0n) is 18.3. The van der Waals surface area contributed by atoms with Gasteiger partial charge in [0.1, 0.15) is 24.5 Å². The smallest absolute Gasteiger partial charge is 0.137 e. The van der Waals surface area contributed by atoms with Crippen molar-refractivity contribution in [2.24, 2.45) is 0 Å². The van der Waals surface area contributed by atoms with Crippen molar-refractivity contribution < 1.29 is 20.1 Å². The lowest BCUT2D eigenvalue weighted by molar-refractivity contribution is -0.195. The molecule has 1 rings (SSSR count). The Bertz CT molecular complexity index is 343. The number of nitrogens with one attached hydrogen (secondary N) is 1. The van der Waals surface area contributed by atoms with E-state index in [1.807, 2.05) is 0 Å². The summed E-state index contributed by atoms with van der Waals surface area (Å²) in [5.74, 6) is 0. The summed E-state index contributed by atoms with van der Waals surface area (Å²) in [7, 11) is 0. The van der Waals surface area contributed by atoms with Crippen LogP contribution >= 0.6 is 0 Å². The van der Waals surface area contributed by atoms with Crippen molar-refractivity contribution in [1.29, 1.82) is 0 Å². The van der Waals surface area contributed by atoms with Crippen LogP contribution in [0.5, 0.6) is 0 Å². The molecule has 4 N–H and O–H groups in total. The van der Waals surface area contributed by atoms with E-state index >= 15 is 0 Å². The Balaban J connectivity index is 1.77. The number of hydrogen-bond donors (Lipinski definition) is 4. The van der Waals surface area contributed by atoms with E-state index in [9.17, 15) is 15.3 Å². The van der Waals surface area contributed by atoms with Gasteiger partial charge in [0.25, 0.3) is 0 Å². The van der Waals surface area contributed by atoms with Crippen LogP contribution < -0.4 is 5.32 Å². The molecule has 1 saturated heterocycles. The fourth-order valence-electron chi connectivity index (χ4n) is 3.90. The van der Waals surface area contributed by atoms with Crippen LogP contribution in [-0.2, 0) is 4.74 Å². The molecule has 0 aliphatic carbocycles. The molecule has 0 spiro atoms. The summed E-state index contributed by atoms with van der Waals surface area (Å²) in [6.07, 6.45) is 17.9. The van der Waals surface area contributed by atoms with E-state index in [1.165, 1.54) is 96.3 Å². The van der Waals surface area contributed by atoms with Crippen LogP contribution in [0.3, 0.4) is 0 Å². The van der Waals surface area contributed by atoms with Gasteiger partial charge in [-0.25, -0.2) is 0 Å². The first kappa shape index (κ1) is 25.8. The molecule has 0 amide bonds. The molecule has 1 aliphatic heterocycles. The van der Waals surface area contributed by atoms with E-state index in [4.69, 9.17) is 4.74 Å². The monoisotopic (exact) mass is 401 g/mol. The van der Waals surface area contributed by atoms with Crippen molar-refractivity contribution >= 4 is 0 Å². The van der Waals surface area contributed by atoms with Gasteiger partial charge in [-0.1, -0.05) is 103 Å². The third kappa shape index (κ3) is 12.4. The molecule has 0 aromatic carbocycles. The molecule has 0 radical (unpaired) electrons. The van der Waals surface area contributed by atoms with Gasteiger partial charge in [-0.3, -0.25) is 5.32 Å². The lowest BCUT2D eigenvalue weighted by Gasteiger charge is -2.35. The number of ether oxygens (including phenoxy) is 1. The minimum Gasteiger partial charge on any atom is -0.388 e. The van der Waals surface area contributed by atoms with Gasteiger partial charge in [-0.05, 0) is 13.0 Å². The highest BCUT2D eigenvalue weighted by molar-refractivity contribution is 4.85. The van der Waals surface area contributed by atoms with Crippen molar-refractivity contribution in [2.45, 2.75) is 134 Å². The summed E-state index contributed by atoms with van der Waals surface area (Å²) in [6, 6.07) is 0. The molecule has 168 valence electrons. The Kier molecular flexibility index (Phi) is 16.3. The van der Waals surface area contributed by atoms with E-state index < -0.39 is 24.5 Å². The number of aliphatic hydroxyl groups excluding tert-OH is 3. The predicted molar refractivity (Wildman–Crippen MR) is 115 cm³/mol. The van der Waals surface area contributed by atoms with Crippen LogP contribution in [0.25, 0.3) is 0 Å². The highest BCUT2D eigenvalue weighted by atomic mass is 16.5. The van der Waals surface area contributed by atoms with Crippen molar-refractivity contribution in [1.82, 2.24) is 5.32 Å². The van der Waals surface area contributed by atoms with Gasteiger partial charge in [0, 0.05) is 0 Å². The van der Waals surface area contributed by atoms with E-state index in [2.05, 4.69) is 12.2 Å². The maximum atomic E-state index is 9.85. The number of unbranched alkanes of at least 4 members (excludes halogenated alkanes) is 15. The molecule has 5 nitrogen and oxygen atoms in total. The van der Waals surface area contributed by atoms with Gasteiger partial charge in [-0.15, -0.1) is 0 Å². The zero-order chi connectivity index (χ0) is 20.5. The van der Waals surface area contributed by atoms with Crippen LogP contribution in [-0.4, -0.2) is 53.0 Å². The summed E-state index contributed by atoms with van der Waals surface area (Å²) >= 11 is 0. The minimum absolute atomic E-state index is 0.0643. The molecule has 5 heteroatoms. The Morgan fingerprint density at radius 2 is 1.07 bits per heavy atom. The maximum absolute atomic E-state index is 9.85. The molecule has 0 unspecified atom stereocenters. The van der Waals surface area contributed by atoms with Gasteiger partial charge in [0.05, 0.1) is 6.61 Å². The molecule has 4 atom stereocenters. The van der Waals surface area contributed by atoms with Gasteiger partial charge in [-0.2, -0.15) is 0 Å². The molecule has 0 bridgehead atoms. The highest BCUT2D eigenvalue weighted by Crippen LogP contribution is 2.15. The largest absolute Gasteiger partial charge is 0.388 e. The lowest BCUT2D eigenvalue weighted by atomic mass is 10.0. The second-order valence-electron chi connectivity index (χ2n) is 8.56. The predicted octanol–water partition coefficient (Wildman–Crippen LogP) is 4.28. The van der Waals surface area contributed by atoms with Gasteiger partial charge in [0.15, 0.2) is 0 Å². The Labute approximate surface area is 173 Å². The molecule has 0 aromatic heterocycles. The quantitative estimate of drug-likeness (QED) is 0.258. The standard InChI is InChI=1S/C23H47NO4/c1-2-3-4-5-6-7-8-9-10-11-12-13-14-15-16-17-18-24-23-22(27)21(26)20(25)19-28-23/h20-27H,2-19H2,1H3/t20-,21-,22+,23-/m1/s1. The maximum Gasteiger partial charge on any atom is 0.137 e. The molecular formula is C23H47NO4. The summed E-state index contributed by atoms with van der Waals surface area (Å²) in [5, 5.41) is 32.0. The number of rotatable bonds is 18. The molecule has 1 fully saturated rings. The average molecular weight is 402 g/mol. The van der Waals surface area contributed by atoms with Crippen LogP contribution in [0.4, 0.5) is 0 Å². The third-order valence-corrected chi connectivity index (χ3v) is 5.88. The number of aliphatic hydroxyl groups is 3. The first-order valence-electron chi connectivity index (χ1n) is 12.1. The second kappa shape index (κ2) is 17.6. The normalized spacial score (nSPS) is 25.3. The molecular weight excluding hydrogens is 354 g/mol. The van der Waals surface area contributed by atoms with Crippen LogP contribution in [0, 0.1) is 0 Å². The summed E-state index contributed by atoms with van der Waals surface area (Å²) in [6.45, 7) is 3.11. The number of hydrogen-bond acceptors (Lipinski definition) is 5. The molecule has 0 saturated carbocycles. The zero-order valence-corrected chi connectivity index (χ0v) is 18.3. The topological polar surface area (TPSA) is 82.0 Å². The fraction of sp³-hybridized carbons (Fsp3) is 1.00. The van der Waals surface area contributed by atoms with Gasteiger partial charge in [0.2, 0.25) is 0 Å². The van der Waals surface area contributed by atoms with E-state index in [1.54, 1.807) is 0 Å². The van der Waals surface area contributed by atoms with Crippen LogP contribution in [0.15, 0.2) is 0 Å². The average Bonchev–Trinajstić information content (AvgIpc) is 2.70. The summed E-state index contributed by atoms with van der Waals surface area (Å²) in [5.41, 5.74) is 0. The van der Waals surface area contributed by atoms with Crippen molar-refractivity contribution in [3.05, 3.63) is 0 Å². The fourth-order valence-corrected chi connectivity index (χ4v) is 3.90. The van der Waals surface area contributed by atoms with Crippen LogP contribution in [0.1, 0.15) is 110 Å². The third-order valence-electron chi connectivity index (χ3n) is 5.88. The van der Waals surface area contributed by atoms with Crippen molar-refractivity contribution in [3.63, 3.8) is 0 Å². The second-order valence-corrected chi connectivity index (χ2v) is 8.56. The van der Waals surface area contributed by atoms with E-state index in [0.29, 0.717) is 0 Å². The Morgan fingerprint density at radius 1 is 0.643 bits per heavy atom. The first-order valence-corrected chi connectivity index (χ1v) is 12.1. The molecule has 28 heavy (non-hydrogen) atoms. The van der Waals surface area contributed by atoms with Crippen LogP contribution in [0.2, 0.25) is 0 Å². The first-order chi connectivity index (χ1) is 13.7. The van der Waals surface area contributed by atoms with E-state index in [0.717, 1.165) is 13.0 Å². The Morgan fingerprint density at radius 3 is 1.54 bits per heavy atom. The van der Waals surface area contributed by atoms with Gasteiger partial charge >= 0.3 is 0 Å².